The van der Waals surface area contributed by atoms with Crippen LogP contribution in [-0.4, -0.2) is 18.0 Å². The topological polar surface area (TPSA) is 52.6 Å². The van der Waals surface area contributed by atoms with Gasteiger partial charge in [0, 0.05) is 17.6 Å². The van der Waals surface area contributed by atoms with Crippen LogP contribution in [0.3, 0.4) is 0 Å². The number of carbonyl (C=O) groups is 2. The van der Waals surface area contributed by atoms with Crippen LogP contribution in [0, 0.1) is 17.3 Å². The van der Waals surface area contributed by atoms with E-state index in [0.717, 1.165) is 49.7 Å². The van der Waals surface area contributed by atoms with Gasteiger partial charge in [0.25, 0.3) is 0 Å². The molecule has 3 aliphatic carbocycles. The Morgan fingerprint density at radius 1 is 0.800 bits per heavy atom. The third-order valence-corrected chi connectivity index (χ3v) is 9.51. The van der Waals surface area contributed by atoms with Crippen molar-refractivity contribution < 1.29 is 19.1 Å². The van der Waals surface area contributed by atoms with E-state index in [1.807, 2.05) is 72.8 Å². The smallest absolute Gasteiger partial charge is 0.336 e. The summed E-state index contributed by atoms with van der Waals surface area (Å²) in [6, 6.07) is 25.8. The largest absolute Gasteiger partial charge is 0.459 e. The fourth-order valence-electron chi connectivity index (χ4n) is 7.55. The summed E-state index contributed by atoms with van der Waals surface area (Å²) in [5, 5.41) is 0. The van der Waals surface area contributed by atoms with E-state index in [-0.39, 0.29) is 23.5 Å². The van der Waals surface area contributed by atoms with Gasteiger partial charge in [-0.3, -0.25) is 0 Å². The molecule has 2 fully saturated rings. The number of ether oxygens (including phenoxy) is 2. The van der Waals surface area contributed by atoms with E-state index in [1.165, 1.54) is 17.2 Å². The molecule has 0 spiro atoms. The lowest BCUT2D eigenvalue weighted by Crippen LogP contribution is -2.45. The molecule has 3 aromatic rings. The van der Waals surface area contributed by atoms with Gasteiger partial charge in [0.05, 0.1) is 0 Å². The van der Waals surface area contributed by atoms with Crippen LogP contribution in [-0.2, 0) is 20.7 Å². The fraction of sp³-hybridized carbons (Fsp3) is 0.333. The van der Waals surface area contributed by atoms with Crippen LogP contribution in [0.5, 0.6) is 5.75 Å². The standard InChI is InChI=1S/C36H36O4/c1-36-23-22-30-29-17-15-28(39-34(37)20-12-25-8-4-2-5-9-25)24-27(29)14-16-31(30)32(36)18-19-33(36)40-35(38)21-13-26-10-6-3-7-11-26/h2-13,15,17,20-21,24,30-33H,14,16,18-19,22-23H2,1H3/t30-,31+,32-,33-,36-/m0/s1. The maximum absolute atomic E-state index is 12.7. The minimum Gasteiger partial charge on any atom is -0.459 e. The zero-order valence-electron chi connectivity index (χ0n) is 23.0. The number of fused-ring (bicyclic) bond motifs is 5. The molecule has 5 atom stereocenters. The monoisotopic (exact) mass is 532 g/mol. The third-order valence-electron chi connectivity index (χ3n) is 9.51. The molecule has 4 nitrogen and oxygen atoms in total. The average molecular weight is 533 g/mol. The van der Waals surface area contributed by atoms with Crippen molar-refractivity contribution in [3.05, 3.63) is 113 Å². The maximum Gasteiger partial charge on any atom is 0.336 e. The highest BCUT2D eigenvalue weighted by molar-refractivity contribution is 5.88. The Hall–Kier alpha value is -3.92. The van der Waals surface area contributed by atoms with Crippen LogP contribution in [0.25, 0.3) is 12.2 Å². The summed E-state index contributed by atoms with van der Waals surface area (Å²) in [5.41, 5.74) is 4.69. The Morgan fingerprint density at radius 2 is 1.48 bits per heavy atom. The summed E-state index contributed by atoms with van der Waals surface area (Å²) in [4.78, 5) is 25.1. The molecule has 3 aromatic carbocycles. The molecular formula is C36H36O4. The molecule has 0 bridgehead atoms. The second kappa shape index (κ2) is 11.3. The zero-order valence-corrected chi connectivity index (χ0v) is 23.0. The lowest BCUT2D eigenvalue weighted by molar-refractivity contribution is -0.151. The van der Waals surface area contributed by atoms with Gasteiger partial charge in [0.15, 0.2) is 0 Å². The molecular weight excluding hydrogens is 496 g/mol. The molecule has 0 radical (unpaired) electrons. The van der Waals surface area contributed by atoms with Crippen molar-refractivity contribution >= 4 is 24.1 Å². The van der Waals surface area contributed by atoms with Gasteiger partial charge in [-0.05, 0) is 103 Å². The molecule has 6 rings (SSSR count). The Balaban J connectivity index is 1.10. The SMILES string of the molecule is C[C@]12CC[C@H]3c4ccc(OC(=O)C=Cc5ccccc5)cc4CC[C@H]3[C@@H]1CC[C@@H]2OC(=O)C=Cc1ccccc1. The molecule has 0 heterocycles. The first-order chi connectivity index (χ1) is 19.5. The summed E-state index contributed by atoms with van der Waals surface area (Å²) >= 11 is 0. The third kappa shape index (κ3) is 5.40. The number of carbonyl (C=O) groups excluding carboxylic acids is 2. The molecule has 0 amide bonds. The Labute approximate surface area is 236 Å². The van der Waals surface area contributed by atoms with Crippen LogP contribution >= 0.6 is 0 Å². The highest BCUT2D eigenvalue weighted by atomic mass is 16.5. The first-order valence-electron chi connectivity index (χ1n) is 14.5. The fourth-order valence-corrected chi connectivity index (χ4v) is 7.55. The van der Waals surface area contributed by atoms with Gasteiger partial charge in [0.2, 0.25) is 0 Å². The second-order valence-corrected chi connectivity index (χ2v) is 11.7. The predicted molar refractivity (Wildman–Crippen MR) is 158 cm³/mol. The van der Waals surface area contributed by atoms with Crippen LogP contribution in [0.15, 0.2) is 91.0 Å². The predicted octanol–water partition coefficient (Wildman–Crippen LogP) is 7.79. The molecule has 0 aromatic heterocycles. The van der Waals surface area contributed by atoms with E-state index >= 15 is 0 Å². The summed E-state index contributed by atoms with van der Waals surface area (Å²) in [5.74, 6) is 1.66. The molecule has 2 saturated carbocycles. The van der Waals surface area contributed by atoms with Crippen molar-refractivity contribution in [3.63, 3.8) is 0 Å². The van der Waals surface area contributed by atoms with Crippen molar-refractivity contribution in [1.82, 2.24) is 0 Å². The normalized spacial score (nSPS) is 27.1. The van der Waals surface area contributed by atoms with Gasteiger partial charge >= 0.3 is 11.9 Å². The lowest BCUT2D eigenvalue weighted by atomic mass is 9.55. The van der Waals surface area contributed by atoms with Gasteiger partial charge in [-0.25, -0.2) is 9.59 Å². The van der Waals surface area contributed by atoms with Crippen LogP contribution < -0.4 is 4.74 Å². The van der Waals surface area contributed by atoms with Crippen molar-refractivity contribution in [1.29, 1.82) is 0 Å². The quantitative estimate of drug-likeness (QED) is 0.185. The summed E-state index contributed by atoms with van der Waals surface area (Å²) in [6.07, 6.45) is 12.9. The van der Waals surface area contributed by atoms with Crippen LogP contribution in [0.2, 0.25) is 0 Å². The molecule has 0 N–H and O–H groups in total. The summed E-state index contributed by atoms with van der Waals surface area (Å²) in [6.45, 7) is 2.35. The van der Waals surface area contributed by atoms with E-state index in [1.54, 1.807) is 12.2 Å². The van der Waals surface area contributed by atoms with E-state index in [4.69, 9.17) is 9.47 Å². The highest BCUT2D eigenvalue weighted by Crippen LogP contribution is 2.61. The lowest BCUT2D eigenvalue weighted by Gasteiger charge is -2.50. The second-order valence-electron chi connectivity index (χ2n) is 11.7. The molecule has 0 aliphatic heterocycles. The van der Waals surface area contributed by atoms with Crippen molar-refractivity contribution in [2.45, 2.75) is 57.5 Å². The van der Waals surface area contributed by atoms with E-state index in [0.29, 0.717) is 23.5 Å². The van der Waals surface area contributed by atoms with Crippen LogP contribution in [0.1, 0.15) is 67.2 Å². The van der Waals surface area contributed by atoms with E-state index in [2.05, 4.69) is 19.1 Å². The van der Waals surface area contributed by atoms with Gasteiger partial charge in [-0.1, -0.05) is 73.7 Å². The summed E-state index contributed by atoms with van der Waals surface area (Å²) < 4.78 is 11.7. The van der Waals surface area contributed by atoms with E-state index < -0.39 is 0 Å². The Kier molecular flexibility index (Phi) is 7.42. The van der Waals surface area contributed by atoms with Crippen LogP contribution in [0.4, 0.5) is 0 Å². The molecule has 204 valence electrons. The molecule has 4 heteroatoms. The van der Waals surface area contributed by atoms with E-state index in [9.17, 15) is 9.59 Å². The zero-order chi connectivity index (χ0) is 27.5. The maximum atomic E-state index is 12.7. The minimum atomic E-state index is -0.365. The minimum absolute atomic E-state index is 0.0233. The number of hydrogen-bond donors (Lipinski definition) is 0. The number of esters is 2. The van der Waals surface area contributed by atoms with Gasteiger partial charge in [0.1, 0.15) is 11.9 Å². The first-order valence-corrected chi connectivity index (χ1v) is 14.5. The number of rotatable bonds is 6. The van der Waals surface area contributed by atoms with Gasteiger partial charge in [-0.2, -0.15) is 0 Å². The Morgan fingerprint density at radius 3 is 2.17 bits per heavy atom. The number of aryl methyl sites for hydroxylation is 1. The average Bonchev–Trinajstić information content (AvgIpc) is 3.31. The first kappa shape index (κ1) is 26.3. The van der Waals surface area contributed by atoms with Gasteiger partial charge in [-0.15, -0.1) is 0 Å². The number of hydrogen-bond acceptors (Lipinski definition) is 4. The highest BCUT2D eigenvalue weighted by Gasteiger charge is 2.56. The number of benzene rings is 3. The molecule has 3 aliphatic rings. The summed E-state index contributed by atoms with van der Waals surface area (Å²) in [7, 11) is 0. The van der Waals surface area contributed by atoms with Gasteiger partial charge < -0.3 is 9.47 Å². The van der Waals surface area contributed by atoms with Crippen molar-refractivity contribution in [3.8, 4) is 5.75 Å². The molecule has 40 heavy (non-hydrogen) atoms. The molecule has 0 saturated heterocycles. The molecule has 0 unspecified atom stereocenters. The van der Waals surface area contributed by atoms with Crippen molar-refractivity contribution in [2.75, 3.05) is 0 Å². The van der Waals surface area contributed by atoms with Crippen molar-refractivity contribution in [2.24, 2.45) is 17.3 Å². The Bertz CT molecular complexity index is 1420.